The monoisotopic (exact) mass is 223 g/mol. The van der Waals surface area contributed by atoms with Gasteiger partial charge in [0.2, 0.25) is 0 Å². The van der Waals surface area contributed by atoms with Gasteiger partial charge in [-0.05, 0) is 25.3 Å². The largest absolute Gasteiger partial charge is 0.330 e. The predicted molar refractivity (Wildman–Crippen MR) is 58.1 cm³/mol. The molecule has 14 heavy (non-hydrogen) atoms. The molecule has 0 heterocycles. The summed E-state index contributed by atoms with van der Waals surface area (Å²) in [5, 5.41) is 0. The Morgan fingerprint density at radius 3 is 2.43 bits per heavy atom. The van der Waals surface area contributed by atoms with Crippen molar-refractivity contribution < 1.29 is 8.42 Å². The first-order valence-electron chi connectivity index (χ1n) is 4.77. The van der Waals surface area contributed by atoms with Crippen LogP contribution in [-0.4, -0.2) is 39.9 Å². The third kappa shape index (κ3) is 5.54. The lowest BCUT2D eigenvalue weighted by molar-refractivity contribution is 0.488. The fraction of sp³-hybridized carbons (Fsp3) is 1.00. The van der Waals surface area contributed by atoms with E-state index in [2.05, 4.69) is 11.6 Å². The number of nitrogens with zero attached hydrogens (tertiary/aromatic N) is 1. The Bertz CT molecular complexity index is 239. The summed E-state index contributed by atoms with van der Waals surface area (Å²) in [6.45, 7) is 3.19. The summed E-state index contributed by atoms with van der Waals surface area (Å²) in [6, 6.07) is 0. The van der Waals surface area contributed by atoms with Crippen molar-refractivity contribution in [3.8, 4) is 0 Å². The molecule has 0 aromatic heterocycles. The van der Waals surface area contributed by atoms with Crippen LogP contribution < -0.4 is 10.5 Å². The summed E-state index contributed by atoms with van der Waals surface area (Å²) in [6.07, 6.45) is 1.78. The molecule has 0 fully saturated rings. The Hall–Kier alpha value is -0.170. The van der Waals surface area contributed by atoms with Crippen molar-refractivity contribution >= 4 is 10.2 Å². The molecule has 0 saturated carbocycles. The lowest BCUT2D eigenvalue weighted by Crippen LogP contribution is -2.36. The van der Waals surface area contributed by atoms with Crippen LogP contribution in [0.15, 0.2) is 0 Å². The van der Waals surface area contributed by atoms with Crippen LogP contribution in [0.25, 0.3) is 0 Å². The van der Waals surface area contributed by atoms with Crippen molar-refractivity contribution in [2.75, 3.05) is 27.2 Å². The second-order valence-corrected chi connectivity index (χ2v) is 5.63. The molecule has 86 valence electrons. The summed E-state index contributed by atoms with van der Waals surface area (Å²) < 4.78 is 26.1. The fourth-order valence-electron chi connectivity index (χ4n) is 0.899. The van der Waals surface area contributed by atoms with Crippen LogP contribution in [0.1, 0.15) is 19.8 Å². The second kappa shape index (κ2) is 6.34. The molecule has 0 aliphatic rings. The maximum atomic E-state index is 11.2. The van der Waals surface area contributed by atoms with Crippen molar-refractivity contribution in [3.63, 3.8) is 0 Å². The Kier molecular flexibility index (Phi) is 6.26. The highest BCUT2D eigenvalue weighted by molar-refractivity contribution is 7.87. The van der Waals surface area contributed by atoms with Gasteiger partial charge in [-0.1, -0.05) is 6.92 Å². The molecule has 1 unspecified atom stereocenters. The van der Waals surface area contributed by atoms with Gasteiger partial charge in [-0.25, -0.2) is 4.72 Å². The maximum absolute atomic E-state index is 11.2. The van der Waals surface area contributed by atoms with Gasteiger partial charge < -0.3 is 5.73 Å². The van der Waals surface area contributed by atoms with E-state index in [-0.39, 0.29) is 0 Å². The number of nitrogens with one attached hydrogen (secondary N) is 1. The molecule has 0 amide bonds. The van der Waals surface area contributed by atoms with Crippen LogP contribution in [0.2, 0.25) is 0 Å². The van der Waals surface area contributed by atoms with E-state index >= 15 is 0 Å². The average Bonchev–Trinajstić information content (AvgIpc) is 2.11. The van der Waals surface area contributed by atoms with Crippen molar-refractivity contribution in [1.82, 2.24) is 9.03 Å². The van der Waals surface area contributed by atoms with E-state index in [0.29, 0.717) is 19.0 Å². The van der Waals surface area contributed by atoms with Crippen LogP contribution >= 0.6 is 0 Å². The zero-order valence-corrected chi connectivity index (χ0v) is 9.97. The third-order valence-electron chi connectivity index (χ3n) is 2.04. The Morgan fingerprint density at radius 2 is 2.00 bits per heavy atom. The minimum atomic E-state index is -3.25. The molecule has 0 rings (SSSR count). The fourth-order valence-corrected chi connectivity index (χ4v) is 1.56. The molecule has 0 aliphatic heterocycles. The van der Waals surface area contributed by atoms with Gasteiger partial charge in [0, 0.05) is 20.6 Å². The van der Waals surface area contributed by atoms with Crippen molar-refractivity contribution in [2.45, 2.75) is 19.8 Å². The van der Waals surface area contributed by atoms with E-state index in [0.717, 1.165) is 12.8 Å². The van der Waals surface area contributed by atoms with Crippen LogP contribution in [0, 0.1) is 5.92 Å². The zero-order chi connectivity index (χ0) is 11.2. The molecule has 1 atom stereocenters. The van der Waals surface area contributed by atoms with E-state index < -0.39 is 10.2 Å². The highest BCUT2D eigenvalue weighted by Crippen LogP contribution is 2.02. The molecule has 0 radical (unpaired) electrons. The first-order valence-corrected chi connectivity index (χ1v) is 6.21. The number of rotatable bonds is 7. The van der Waals surface area contributed by atoms with Gasteiger partial charge in [0.25, 0.3) is 10.2 Å². The Morgan fingerprint density at radius 1 is 1.43 bits per heavy atom. The minimum absolute atomic E-state index is 0.457. The minimum Gasteiger partial charge on any atom is -0.330 e. The van der Waals surface area contributed by atoms with Gasteiger partial charge in [-0.2, -0.15) is 12.7 Å². The molecular weight excluding hydrogens is 202 g/mol. The van der Waals surface area contributed by atoms with Crippen LogP contribution in [-0.2, 0) is 10.2 Å². The van der Waals surface area contributed by atoms with Gasteiger partial charge >= 0.3 is 0 Å². The molecule has 0 spiro atoms. The van der Waals surface area contributed by atoms with Gasteiger partial charge in [0.15, 0.2) is 0 Å². The molecule has 6 heteroatoms. The summed E-state index contributed by atoms with van der Waals surface area (Å²) >= 11 is 0. The molecule has 0 aliphatic carbocycles. The number of hydrogen-bond acceptors (Lipinski definition) is 3. The van der Waals surface area contributed by atoms with Crippen molar-refractivity contribution in [3.05, 3.63) is 0 Å². The van der Waals surface area contributed by atoms with Crippen LogP contribution in [0.3, 0.4) is 0 Å². The zero-order valence-electron chi connectivity index (χ0n) is 9.16. The first kappa shape index (κ1) is 13.8. The smallest absolute Gasteiger partial charge is 0.278 e. The lowest BCUT2D eigenvalue weighted by Gasteiger charge is -2.13. The van der Waals surface area contributed by atoms with E-state index in [9.17, 15) is 8.42 Å². The number of nitrogens with two attached hydrogens (primary N) is 1. The van der Waals surface area contributed by atoms with Gasteiger partial charge in [-0.15, -0.1) is 0 Å². The summed E-state index contributed by atoms with van der Waals surface area (Å²) in [7, 11) is -0.241. The van der Waals surface area contributed by atoms with E-state index in [4.69, 9.17) is 5.73 Å². The standard InChI is InChI=1S/C8H21N3O2S/c1-8(7-9)5-4-6-10-14(12,13)11(2)3/h8,10H,4-7,9H2,1-3H3. The van der Waals surface area contributed by atoms with Crippen LogP contribution in [0.4, 0.5) is 0 Å². The van der Waals surface area contributed by atoms with Gasteiger partial charge in [0.05, 0.1) is 0 Å². The van der Waals surface area contributed by atoms with E-state index in [1.54, 1.807) is 0 Å². The Labute approximate surface area is 86.8 Å². The van der Waals surface area contributed by atoms with E-state index in [1.807, 2.05) is 0 Å². The molecule has 0 bridgehead atoms. The molecule has 5 nitrogen and oxygen atoms in total. The van der Waals surface area contributed by atoms with Gasteiger partial charge in [0.1, 0.15) is 0 Å². The molecule has 0 saturated heterocycles. The normalized spacial score (nSPS) is 14.6. The SMILES string of the molecule is CC(CN)CCCNS(=O)(=O)N(C)C. The Balaban J connectivity index is 3.65. The maximum Gasteiger partial charge on any atom is 0.278 e. The lowest BCUT2D eigenvalue weighted by atomic mass is 10.1. The van der Waals surface area contributed by atoms with Crippen molar-refractivity contribution in [2.24, 2.45) is 11.7 Å². The second-order valence-electron chi connectivity index (χ2n) is 3.66. The summed E-state index contributed by atoms with van der Waals surface area (Å²) in [4.78, 5) is 0. The number of hydrogen-bond donors (Lipinski definition) is 2. The highest BCUT2D eigenvalue weighted by atomic mass is 32.2. The topological polar surface area (TPSA) is 75.4 Å². The highest BCUT2D eigenvalue weighted by Gasteiger charge is 2.11. The molecule has 3 N–H and O–H groups in total. The third-order valence-corrected chi connectivity index (χ3v) is 3.57. The predicted octanol–water partition coefficient (Wildman–Crippen LogP) is -0.243. The van der Waals surface area contributed by atoms with Gasteiger partial charge in [-0.3, -0.25) is 0 Å². The van der Waals surface area contributed by atoms with E-state index in [1.165, 1.54) is 18.4 Å². The van der Waals surface area contributed by atoms with Crippen LogP contribution in [0.5, 0.6) is 0 Å². The first-order chi connectivity index (χ1) is 6.40. The summed E-state index contributed by atoms with van der Waals surface area (Å²) in [5.41, 5.74) is 5.44. The quantitative estimate of drug-likeness (QED) is 0.585. The summed E-state index contributed by atoms with van der Waals surface area (Å²) in [5.74, 6) is 0.457. The van der Waals surface area contributed by atoms with Crippen molar-refractivity contribution in [1.29, 1.82) is 0 Å². The molecule has 0 aromatic rings. The molecule has 0 aromatic carbocycles. The molecular formula is C8H21N3O2S. The average molecular weight is 223 g/mol.